The maximum absolute atomic E-state index is 12.7. The van der Waals surface area contributed by atoms with Gasteiger partial charge in [-0.3, -0.25) is 4.79 Å². The SMILES string of the molecule is CC(CC(=O)N1CCN(S(=O)(=O)/C=C/c2ccccc2)CC1)c1ccc(C(F)(F)F)cc1. The molecule has 3 rings (SSSR count). The van der Waals surface area contributed by atoms with Crippen molar-refractivity contribution in [1.29, 1.82) is 0 Å². The number of hydrogen-bond acceptors (Lipinski definition) is 3. The third-order valence-electron chi connectivity index (χ3n) is 5.47. The number of piperazine rings is 1. The number of benzene rings is 2. The molecule has 1 aliphatic heterocycles. The number of amides is 1. The van der Waals surface area contributed by atoms with Crippen molar-refractivity contribution in [2.24, 2.45) is 0 Å². The smallest absolute Gasteiger partial charge is 0.340 e. The average molecular weight is 467 g/mol. The third-order valence-corrected chi connectivity index (χ3v) is 7.04. The topological polar surface area (TPSA) is 57.7 Å². The number of alkyl halides is 3. The molecule has 0 bridgehead atoms. The highest BCUT2D eigenvalue weighted by molar-refractivity contribution is 7.92. The molecule has 5 nitrogen and oxygen atoms in total. The molecule has 0 aromatic heterocycles. The standard InChI is InChI=1S/C23H25F3N2O3S/c1-18(20-7-9-21(10-8-20)23(24,25)26)17-22(29)27-12-14-28(15-13-27)32(30,31)16-11-19-5-3-2-4-6-19/h2-11,16,18H,12-15,17H2,1H3/b16-11+. The van der Waals surface area contributed by atoms with Gasteiger partial charge in [-0.25, -0.2) is 8.42 Å². The molecule has 1 fully saturated rings. The van der Waals surface area contributed by atoms with Crippen LogP contribution >= 0.6 is 0 Å². The summed E-state index contributed by atoms with van der Waals surface area (Å²) in [6, 6.07) is 13.9. The van der Waals surface area contributed by atoms with E-state index >= 15 is 0 Å². The molecule has 1 amide bonds. The van der Waals surface area contributed by atoms with E-state index in [1.165, 1.54) is 21.8 Å². The molecule has 0 spiro atoms. The number of carbonyl (C=O) groups excluding carboxylic acids is 1. The molecule has 1 saturated heterocycles. The Labute approximate surface area is 186 Å². The molecular weight excluding hydrogens is 441 g/mol. The number of sulfonamides is 1. The van der Waals surface area contributed by atoms with E-state index in [1.807, 2.05) is 18.2 Å². The Morgan fingerprint density at radius 2 is 1.59 bits per heavy atom. The fraction of sp³-hybridized carbons (Fsp3) is 0.348. The highest BCUT2D eigenvalue weighted by atomic mass is 32.2. The second-order valence-electron chi connectivity index (χ2n) is 7.76. The van der Waals surface area contributed by atoms with Crippen LogP contribution in [0.15, 0.2) is 60.0 Å². The number of rotatable bonds is 6. The number of hydrogen-bond donors (Lipinski definition) is 0. The van der Waals surface area contributed by atoms with E-state index in [1.54, 1.807) is 30.0 Å². The molecule has 0 aliphatic carbocycles. The quantitative estimate of drug-likeness (QED) is 0.636. The first-order valence-corrected chi connectivity index (χ1v) is 11.7. The van der Waals surface area contributed by atoms with Crippen molar-refractivity contribution in [2.45, 2.75) is 25.4 Å². The zero-order valence-electron chi connectivity index (χ0n) is 17.6. The molecule has 172 valence electrons. The van der Waals surface area contributed by atoms with Gasteiger partial charge < -0.3 is 4.90 Å². The fourth-order valence-electron chi connectivity index (χ4n) is 3.52. The Hall–Kier alpha value is -2.65. The predicted molar refractivity (Wildman–Crippen MR) is 117 cm³/mol. The van der Waals surface area contributed by atoms with Crippen LogP contribution in [0.3, 0.4) is 0 Å². The van der Waals surface area contributed by atoms with E-state index in [4.69, 9.17) is 0 Å². The summed E-state index contributed by atoms with van der Waals surface area (Å²) in [4.78, 5) is 14.2. The minimum absolute atomic E-state index is 0.144. The molecular formula is C23H25F3N2O3S. The van der Waals surface area contributed by atoms with Gasteiger partial charge >= 0.3 is 6.18 Å². The van der Waals surface area contributed by atoms with Gasteiger partial charge in [-0.1, -0.05) is 49.4 Å². The van der Waals surface area contributed by atoms with Crippen LogP contribution in [-0.2, 0) is 21.0 Å². The van der Waals surface area contributed by atoms with Crippen molar-refractivity contribution in [3.8, 4) is 0 Å². The van der Waals surface area contributed by atoms with Crippen molar-refractivity contribution in [3.63, 3.8) is 0 Å². The normalized spacial score (nSPS) is 16.9. The van der Waals surface area contributed by atoms with Crippen molar-refractivity contribution < 1.29 is 26.4 Å². The monoisotopic (exact) mass is 466 g/mol. The van der Waals surface area contributed by atoms with Crippen LogP contribution < -0.4 is 0 Å². The lowest BCUT2D eigenvalue weighted by molar-refractivity contribution is -0.137. The molecule has 32 heavy (non-hydrogen) atoms. The van der Waals surface area contributed by atoms with E-state index in [9.17, 15) is 26.4 Å². The summed E-state index contributed by atoms with van der Waals surface area (Å²) in [6.45, 7) is 2.73. The summed E-state index contributed by atoms with van der Waals surface area (Å²) in [6.07, 6.45) is -2.71. The van der Waals surface area contributed by atoms with Gasteiger partial charge in [0.1, 0.15) is 0 Å². The van der Waals surface area contributed by atoms with Crippen LogP contribution in [0.5, 0.6) is 0 Å². The van der Waals surface area contributed by atoms with E-state index in [2.05, 4.69) is 0 Å². The van der Waals surface area contributed by atoms with E-state index < -0.39 is 21.8 Å². The van der Waals surface area contributed by atoms with Crippen LogP contribution in [0.4, 0.5) is 13.2 Å². The van der Waals surface area contributed by atoms with E-state index in [0.29, 0.717) is 5.56 Å². The molecule has 1 aliphatic rings. The van der Waals surface area contributed by atoms with Crippen molar-refractivity contribution in [1.82, 2.24) is 9.21 Å². The lowest BCUT2D eigenvalue weighted by atomic mass is 9.96. The third kappa shape index (κ3) is 6.20. The minimum atomic E-state index is -4.39. The number of halogens is 3. The molecule has 2 aromatic carbocycles. The van der Waals surface area contributed by atoms with Gasteiger partial charge in [0, 0.05) is 38.0 Å². The van der Waals surface area contributed by atoms with E-state index in [0.717, 1.165) is 17.7 Å². The van der Waals surface area contributed by atoms with Gasteiger partial charge in [0.05, 0.1) is 5.56 Å². The van der Waals surface area contributed by atoms with Crippen LogP contribution in [0, 0.1) is 0 Å². The predicted octanol–water partition coefficient (Wildman–Crippen LogP) is 4.34. The first kappa shape index (κ1) is 24.0. The molecule has 0 radical (unpaired) electrons. The molecule has 1 atom stereocenters. The van der Waals surface area contributed by atoms with Gasteiger partial charge in [-0.05, 0) is 35.3 Å². The Morgan fingerprint density at radius 3 is 2.16 bits per heavy atom. The zero-order valence-corrected chi connectivity index (χ0v) is 18.4. The summed E-state index contributed by atoms with van der Waals surface area (Å²) in [5, 5.41) is 1.17. The molecule has 0 saturated carbocycles. The summed E-state index contributed by atoms with van der Waals surface area (Å²) in [7, 11) is -3.59. The van der Waals surface area contributed by atoms with Crippen molar-refractivity contribution >= 4 is 22.0 Å². The number of carbonyl (C=O) groups is 1. The summed E-state index contributed by atoms with van der Waals surface area (Å²) in [5.74, 6) is -0.394. The van der Waals surface area contributed by atoms with Crippen LogP contribution in [0.25, 0.3) is 6.08 Å². The lowest BCUT2D eigenvalue weighted by Crippen LogP contribution is -2.50. The first-order chi connectivity index (χ1) is 15.1. The van der Waals surface area contributed by atoms with Crippen molar-refractivity contribution in [2.75, 3.05) is 26.2 Å². The van der Waals surface area contributed by atoms with Crippen molar-refractivity contribution in [3.05, 3.63) is 76.7 Å². The maximum atomic E-state index is 12.7. The fourth-order valence-corrected chi connectivity index (χ4v) is 4.69. The lowest BCUT2D eigenvalue weighted by Gasteiger charge is -2.34. The molecule has 9 heteroatoms. The van der Waals surface area contributed by atoms with Gasteiger partial charge in [0.15, 0.2) is 0 Å². The van der Waals surface area contributed by atoms with Crippen LogP contribution in [0.2, 0.25) is 0 Å². The minimum Gasteiger partial charge on any atom is -0.340 e. The summed E-state index contributed by atoms with van der Waals surface area (Å²) < 4.78 is 64.6. The van der Waals surface area contributed by atoms with Crippen LogP contribution in [-0.4, -0.2) is 49.7 Å². The largest absolute Gasteiger partial charge is 0.416 e. The van der Waals surface area contributed by atoms with Gasteiger partial charge in [-0.2, -0.15) is 17.5 Å². The summed E-state index contributed by atoms with van der Waals surface area (Å²) >= 11 is 0. The first-order valence-electron chi connectivity index (χ1n) is 10.2. The van der Waals surface area contributed by atoms with Crippen LogP contribution in [0.1, 0.15) is 36.0 Å². The Morgan fingerprint density at radius 1 is 1.00 bits per heavy atom. The van der Waals surface area contributed by atoms with Gasteiger partial charge in [0.25, 0.3) is 0 Å². The Bertz CT molecular complexity index is 1040. The maximum Gasteiger partial charge on any atom is 0.416 e. The molecule has 1 heterocycles. The highest BCUT2D eigenvalue weighted by Crippen LogP contribution is 2.30. The molecule has 2 aromatic rings. The number of nitrogens with zero attached hydrogens (tertiary/aromatic N) is 2. The van der Waals surface area contributed by atoms with Gasteiger partial charge in [-0.15, -0.1) is 0 Å². The second kappa shape index (κ2) is 9.87. The van der Waals surface area contributed by atoms with E-state index in [-0.39, 0.29) is 44.4 Å². The molecule has 1 unspecified atom stereocenters. The summed E-state index contributed by atoms with van der Waals surface area (Å²) in [5.41, 5.74) is 0.708. The zero-order chi connectivity index (χ0) is 23.4. The molecule has 0 N–H and O–H groups in total. The second-order valence-corrected chi connectivity index (χ2v) is 9.58. The Kier molecular flexibility index (Phi) is 7.40. The van der Waals surface area contributed by atoms with Gasteiger partial charge in [0.2, 0.25) is 15.9 Å². The highest BCUT2D eigenvalue weighted by Gasteiger charge is 2.31. The Balaban J connectivity index is 1.53. The average Bonchev–Trinajstić information content (AvgIpc) is 2.78.